The predicted octanol–water partition coefficient (Wildman–Crippen LogP) is 4.26. The van der Waals surface area contributed by atoms with Crippen molar-refractivity contribution in [2.75, 3.05) is 25.3 Å². The smallest absolute Gasteiger partial charge is 0.338 e. The van der Waals surface area contributed by atoms with Gasteiger partial charge in [0.15, 0.2) is 11.5 Å². The molecular formula is C23H20ClNO7S. The number of rotatable bonds is 7. The summed E-state index contributed by atoms with van der Waals surface area (Å²) in [6.45, 7) is 0.0472. The zero-order valence-corrected chi connectivity index (χ0v) is 19.4. The van der Waals surface area contributed by atoms with Crippen molar-refractivity contribution in [2.24, 2.45) is 0 Å². The molecule has 3 aromatic rings. The molecule has 0 amide bonds. The molecule has 33 heavy (non-hydrogen) atoms. The number of esters is 1. The highest BCUT2D eigenvalue weighted by Gasteiger charge is 2.24. The van der Waals surface area contributed by atoms with Crippen molar-refractivity contribution in [2.45, 2.75) is 11.5 Å². The molecule has 0 unspecified atom stereocenters. The largest absolute Gasteiger partial charge is 0.495 e. The van der Waals surface area contributed by atoms with Crippen molar-refractivity contribution in [3.8, 4) is 17.2 Å². The van der Waals surface area contributed by atoms with Crippen LogP contribution in [0.2, 0.25) is 5.02 Å². The third kappa shape index (κ3) is 4.55. The van der Waals surface area contributed by atoms with Gasteiger partial charge in [-0.3, -0.25) is 4.31 Å². The molecule has 8 nitrogen and oxygen atoms in total. The van der Waals surface area contributed by atoms with Gasteiger partial charge in [0.1, 0.15) is 12.4 Å². The Kier molecular flexibility index (Phi) is 6.35. The molecule has 0 aromatic heterocycles. The van der Waals surface area contributed by atoms with E-state index in [1.165, 1.54) is 38.4 Å². The van der Waals surface area contributed by atoms with Gasteiger partial charge in [-0.1, -0.05) is 23.7 Å². The van der Waals surface area contributed by atoms with Gasteiger partial charge in [0, 0.05) is 7.05 Å². The Hall–Kier alpha value is -3.43. The molecule has 1 aliphatic heterocycles. The quantitative estimate of drug-likeness (QED) is 0.458. The lowest BCUT2D eigenvalue weighted by Gasteiger charge is -2.21. The van der Waals surface area contributed by atoms with Crippen LogP contribution in [0.5, 0.6) is 17.2 Å². The van der Waals surface area contributed by atoms with Gasteiger partial charge >= 0.3 is 5.97 Å². The number of nitrogens with zero attached hydrogens (tertiary/aromatic N) is 1. The van der Waals surface area contributed by atoms with E-state index in [1.807, 2.05) is 0 Å². The zero-order chi connectivity index (χ0) is 23.6. The molecule has 3 aromatic carbocycles. The van der Waals surface area contributed by atoms with Crippen molar-refractivity contribution >= 4 is 33.3 Å². The Morgan fingerprint density at radius 2 is 1.82 bits per heavy atom. The molecule has 1 aliphatic rings. The average Bonchev–Trinajstić information content (AvgIpc) is 3.31. The van der Waals surface area contributed by atoms with Crippen molar-refractivity contribution in [1.82, 2.24) is 0 Å². The second kappa shape index (κ2) is 9.21. The SMILES string of the molecule is COc1ccccc1N(C)S(=O)(=O)c1ccc(C(=O)OCc2cc(Cl)c3c(c2)OCO3)cc1. The summed E-state index contributed by atoms with van der Waals surface area (Å²) in [5.41, 5.74) is 1.24. The van der Waals surface area contributed by atoms with Crippen molar-refractivity contribution in [3.05, 3.63) is 76.8 Å². The summed E-state index contributed by atoms with van der Waals surface area (Å²) in [6.07, 6.45) is 0. The molecule has 0 fully saturated rings. The van der Waals surface area contributed by atoms with Crippen LogP contribution in [0.3, 0.4) is 0 Å². The fraction of sp³-hybridized carbons (Fsp3) is 0.174. The molecule has 0 atom stereocenters. The summed E-state index contributed by atoms with van der Waals surface area (Å²) < 4.78 is 48.3. The number of methoxy groups -OCH3 is 1. The predicted molar refractivity (Wildman–Crippen MR) is 122 cm³/mol. The lowest BCUT2D eigenvalue weighted by Crippen LogP contribution is -2.27. The first-order chi connectivity index (χ1) is 15.8. The van der Waals surface area contributed by atoms with Crippen LogP contribution in [0.4, 0.5) is 5.69 Å². The maximum absolute atomic E-state index is 13.0. The van der Waals surface area contributed by atoms with Crippen LogP contribution in [-0.4, -0.2) is 35.3 Å². The number of ether oxygens (including phenoxy) is 4. The minimum atomic E-state index is -3.87. The van der Waals surface area contributed by atoms with Gasteiger partial charge in [0.2, 0.25) is 6.79 Å². The van der Waals surface area contributed by atoms with E-state index in [-0.39, 0.29) is 23.9 Å². The van der Waals surface area contributed by atoms with Crippen LogP contribution in [-0.2, 0) is 21.4 Å². The molecule has 0 spiro atoms. The summed E-state index contributed by atoms with van der Waals surface area (Å²) in [4.78, 5) is 12.5. The highest BCUT2D eigenvalue weighted by atomic mass is 35.5. The van der Waals surface area contributed by atoms with E-state index in [0.717, 1.165) is 4.31 Å². The van der Waals surface area contributed by atoms with E-state index < -0.39 is 16.0 Å². The Morgan fingerprint density at radius 3 is 2.55 bits per heavy atom. The molecule has 4 rings (SSSR count). The number of halogens is 1. The molecule has 0 aliphatic carbocycles. The fourth-order valence-electron chi connectivity index (χ4n) is 3.28. The van der Waals surface area contributed by atoms with E-state index in [4.69, 9.17) is 30.5 Å². The van der Waals surface area contributed by atoms with E-state index in [9.17, 15) is 13.2 Å². The number of fused-ring (bicyclic) bond motifs is 1. The van der Waals surface area contributed by atoms with E-state index in [0.29, 0.717) is 33.5 Å². The van der Waals surface area contributed by atoms with E-state index in [1.54, 1.807) is 36.4 Å². The highest BCUT2D eigenvalue weighted by molar-refractivity contribution is 7.92. The molecule has 0 saturated carbocycles. The lowest BCUT2D eigenvalue weighted by molar-refractivity contribution is 0.0472. The monoisotopic (exact) mass is 489 g/mol. The molecule has 0 N–H and O–H groups in total. The Labute approximate surface area is 196 Å². The number of anilines is 1. The summed E-state index contributed by atoms with van der Waals surface area (Å²) in [6, 6.07) is 15.6. The Balaban J connectivity index is 1.46. The van der Waals surface area contributed by atoms with Crippen molar-refractivity contribution < 1.29 is 32.2 Å². The lowest BCUT2D eigenvalue weighted by atomic mass is 10.2. The van der Waals surface area contributed by atoms with E-state index in [2.05, 4.69) is 0 Å². The van der Waals surface area contributed by atoms with Gasteiger partial charge in [0.05, 0.1) is 28.3 Å². The van der Waals surface area contributed by atoms with Crippen LogP contribution >= 0.6 is 11.6 Å². The number of sulfonamides is 1. The van der Waals surface area contributed by atoms with Gasteiger partial charge in [0.25, 0.3) is 10.0 Å². The third-order valence-corrected chi connectivity index (χ3v) is 7.10. The van der Waals surface area contributed by atoms with Gasteiger partial charge in [-0.15, -0.1) is 0 Å². The number of carbonyl (C=O) groups is 1. The van der Waals surface area contributed by atoms with E-state index >= 15 is 0 Å². The van der Waals surface area contributed by atoms with Gasteiger partial charge in [-0.05, 0) is 54.1 Å². The summed E-state index contributed by atoms with van der Waals surface area (Å²) in [5, 5.41) is 0.366. The molecule has 0 saturated heterocycles. The van der Waals surface area contributed by atoms with Gasteiger partial charge in [-0.25, -0.2) is 13.2 Å². The topological polar surface area (TPSA) is 91.4 Å². The summed E-state index contributed by atoms with van der Waals surface area (Å²) in [7, 11) is -0.966. The van der Waals surface area contributed by atoms with Crippen molar-refractivity contribution in [1.29, 1.82) is 0 Å². The molecular weight excluding hydrogens is 470 g/mol. The zero-order valence-electron chi connectivity index (χ0n) is 17.8. The maximum atomic E-state index is 13.0. The average molecular weight is 490 g/mol. The minimum absolute atomic E-state index is 0.0232. The minimum Gasteiger partial charge on any atom is -0.495 e. The first kappa shape index (κ1) is 22.8. The number of hydrogen-bond acceptors (Lipinski definition) is 7. The number of para-hydroxylation sites is 2. The normalized spacial score (nSPS) is 12.3. The number of hydrogen-bond donors (Lipinski definition) is 0. The second-order valence-electron chi connectivity index (χ2n) is 7.06. The standard InChI is InChI=1S/C23H20ClNO7S/c1-25(19-5-3-4-6-20(19)29-2)33(27,28)17-9-7-16(8-10-17)23(26)30-13-15-11-18(24)22-21(12-15)31-14-32-22/h3-12H,13-14H2,1-2H3. The van der Waals surface area contributed by atoms with Gasteiger partial charge < -0.3 is 18.9 Å². The third-order valence-electron chi connectivity index (χ3n) is 5.03. The molecule has 172 valence electrons. The Morgan fingerprint density at radius 1 is 1.09 bits per heavy atom. The molecule has 10 heteroatoms. The van der Waals surface area contributed by atoms with Crippen LogP contribution in [0, 0.1) is 0 Å². The Bertz CT molecular complexity index is 1290. The fourth-order valence-corrected chi connectivity index (χ4v) is 4.77. The van der Waals surface area contributed by atoms with Gasteiger partial charge in [-0.2, -0.15) is 0 Å². The first-order valence-electron chi connectivity index (χ1n) is 9.78. The van der Waals surface area contributed by atoms with Crippen LogP contribution in [0.25, 0.3) is 0 Å². The second-order valence-corrected chi connectivity index (χ2v) is 9.43. The highest BCUT2D eigenvalue weighted by Crippen LogP contribution is 2.40. The van der Waals surface area contributed by atoms with Crippen LogP contribution in [0.1, 0.15) is 15.9 Å². The van der Waals surface area contributed by atoms with Crippen LogP contribution < -0.4 is 18.5 Å². The van der Waals surface area contributed by atoms with Crippen LogP contribution in [0.15, 0.2) is 65.6 Å². The molecule has 1 heterocycles. The summed E-state index contributed by atoms with van der Waals surface area (Å²) >= 11 is 6.14. The molecule has 0 bridgehead atoms. The summed E-state index contributed by atoms with van der Waals surface area (Å²) in [5.74, 6) is 0.766. The molecule has 0 radical (unpaired) electrons. The maximum Gasteiger partial charge on any atom is 0.338 e. The first-order valence-corrected chi connectivity index (χ1v) is 11.6. The number of carbonyl (C=O) groups excluding carboxylic acids is 1. The number of benzene rings is 3. The van der Waals surface area contributed by atoms with Crippen molar-refractivity contribution in [3.63, 3.8) is 0 Å².